The molecule has 0 aliphatic heterocycles. The first-order valence-corrected chi connectivity index (χ1v) is 8.18. The number of phenols is 2. The molecule has 28 heavy (non-hydrogen) atoms. The Bertz CT molecular complexity index is 1170. The number of hydrogen-bond donors (Lipinski definition) is 3. The Morgan fingerprint density at radius 3 is 2.25 bits per heavy atom. The molecule has 0 heterocycles. The lowest BCUT2D eigenvalue weighted by Gasteiger charge is -2.21. The standard InChI is InChI=1S/C20H12N2O6/c23-14-9-12-16(17(19(14)25)22(27)28)20(26)15-11(18(12)24)7-4-8-13(15)21-10-5-2-1-3-6-10/h1-9,21,23,25H. The number of carbonyl (C=O) groups excluding carboxylic acids is 2. The van der Waals surface area contributed by atoms with E-state index in [2.05, 4.69) is 5.32 Å². The predicted molar refractivity (Wildman–Crippen MR) is 99.5 cm³/mol. The third-order valence-corrected chi connectivity index (χ3v) is 4.50. The van der Waals surface area contributed by atoms with Gasteiger partial charge in [0, 0.05) is 16.8 Å². The molecule has 0 aromatic heterocycles. The monoisotopic (exact) mass is 376 g/mol. The van der Waals surface area contributed by atoms with Gasteiger partial charge in [0.15, 0.2) is 11.5 Å². The Morgan fingerprint density at radius 2 is 1.57 bits per heavy atom. The number of hydrogen-bond acceptors (Lipinski definition) is 7. The Kier molecular flexibility index (Phi) is 3.82. The van der Waals surface area contributed by atoms with Crippen molar-refractivity contribution in [3.05, 3.63) is 87.0 Å². The van der Waals surface area contributed by atoms with E-state index in [1.54, 1.807) is 36.4 Å². The molecule has 8 heteroatoms. The Balaban J connectivity index is 1.96. The highest BCUT2D eigenvalue weighted by Gasteiger charge is 2.40. The van der Waals surface area contributed by atoms with Gasteiger partial charge in [-0.2, -0.15) is 0 Å². The van der Waals surface area contributed by atoms with Gasteiger partial charge >= 0.3 is 5.69 Å². The average molecular weight is 376 g/mol. The van der Waals surface area contributed by atoms with E-state index in [4.69, 9.17) is 0 Å². The number of anilines is 2. The number of nitrogens with zero attached hydrogens (tertiary/aromatic N) is 1. The van der Waals surface area contributed by atoms with Crippen LogP contribution in [0.1, 0.15) is 31.8 Å². The maximum atomic E-state index is 13.2. The zero-order chi connectivity index (χ0) is 20.0. The van der Waals surface area contributed by atoms with Crippen molar-refractivity contribution in [3.63, 3.8) is 0 Å². The highest BCUT2D eigenvalue weighted by molar-refractivity contribution is 6.32. The zero-order valence-corrected chi connectivity index (χ0v) is 14.2. The average Bonchev–Trinajstić information content (AvgIpc) is 2.68. The minimum atomic E-state index is -1.05. The normalized spacial score (nSPS) is 12.3. The summed E-state index contributed by atoms with van der Waals surface area (Å²) in [6.07, 6.45) is 0. The van der Waals surface area contributed by atoms with Crippen LogP contribution >= 0.6 is 0 Å². The summed E-state index contributed by atoms with van der Waals surface area (Å²) in [6, 6.07) is 14.4. The van der Waals surface area contributed by atoms with Gasteiger partial charge in [0.1, 0.15) is 5.56 Å². The van der Waals surface area contributed by atoms with Crippen molar-refractivity contribution in [1.29, 1.82) is 0 Å². The molecule has 0 radical (unpaired) electrons. The van der Waals surface area contributed by atoms with E-state index in [1.807, 2.05) is 6.07 Å². The van der Waals surface area contributed by atoms with E-state index in [0.29, 0.717) is 11.4 Å². The van der Waals surface area contributed by atoms with Gasteiger partial charge in [-0.1, -0.05) is 30.3 Å². The number of phenolic OH excluding ortho intramolecular Hbond substituents is 2. The summed E-state index contributed by atoms with van der Waals surface area (Å²) in [6.45, 7) is 0. The number of fused-ring (bicyclic) bond motifs is 2. The molecule has 0 atom stereocenters. The van der Waals surface area contributed by atoms with E-state index in [1.165, 1.54) is 6.07 Å². The van der Waals surface area contributed by atoms with Gasteiger partial charge in [-0.05, 0) is 24.3 Å². The number of nitro benzene ring substituents is 1. The highest BCUT2D eigenvalue weighted by atomic mass is 16.6. The van der Waals surface area contributed by atoms with Crippen LogP contribution in [0.25, 0.3) is 0 Å². The second-order valence-electron chi connectivity index (χ2n) is 6.15. The number of benzene rings is 3. The molecule has 0 fully saturated rings. The van der Waals surface area contributed by atoms with E-state index in [9.17, 15) is 29.9 Å². The van der Waals surface area contributed by atoms with Crippen molar-refractivity contribution < 1.29 is 24.7 Å². The molecule has 4 rings (SSSR count). The van der Waals surface area contributed by atoms with Crippen molar-refractivity contribution in [1.82, 2.24) is 0 Å². The Hall–Kier alpha value is -4.20. The lowest BCUT2D eigenvalue weighted by Crippen LogP contribution is -2.23. The van der Waals surface area contributed by atoms with E-state index >= 15 is 0 Å². The Labute approximate surface area is 157 Å². The number of rotatable bonds is 3. The van der Waals surface area contributed by atoms with Crippen LogP contribution in [0.4, 0.5) is 17.1 Å². The fourth-order valence-corrected chi connectivity index (χ4v) is 3.27. The molecule has 0 bridgehead atoms. The summed E-state index contributed by atoms with van der Waals surface area (Å²) in [5.74, 6) is -3.33. The van der Waals surface area contributed by atoms with Crippen molar-refractivity contribution in [2.24, 2.45) is 0 Å². The summed E-state index contributed by atoms with van der Waals surface area (Å²) >= 11 is 0. The molecule has 0 amide bonds. The number of nitro groups is 1. The van der Waals surface area contributed by atoms with Gasteiger partial charge in [-0.15, -0.1) is 0 Å². The maximum Gasteiger partial charge on any atom is 0.326 e. The number of carbonyl (C=O) groups is 2. The number of aromatic hydroxyl groups is 2. The molecule has 3 aromatic carbocycles. The molecule has 3 aromatic rings. The van der Waals surface area contributed by atoms with Gasteiger partial charge < -0.3 is 15.5 Å². The number of para-hydroxylation sites is 1. The summed E-state index contributed by atoms with van der Waals surface area (Å²) in [5.41, 5.74) is -0.876. The van der Waals surface area contributed by atoms with Crippen LogP contribution in [0, 0.1) is 10.1 Å². The van der Waals surface area contributed by atoms with Crippen LogP contribution in [0.15, 0.2) is 54.6 Å². The van der Waals surface area contributed by atoms with Crippen LogP contribution in [-0.4, -0.2) is 26.7 Å². The quantitative estimate of drug-likeness (QED) is 0.283. The predicted octanol–water partition coefficient (Wildman–Crippen LogP) is 3.53. The fraction of sp³-hybridized carbons (Fsp3) is 0. The molecule has 0 spiro atoms. The molecular formula is C20H12N2O6. The smallest absolute Gasteiger partial charge is 0.326 e. The van der Waals surface area contributed by atoms with Crippen LogP contribution in [-0.2, 0) is 0 Å². The molecular weight excluding hydrogens is 364 g/mol. The third kappa shape index (κ3) is 2.47. The minimum Gasteiger partial charge on any atom is -0.504 e. The first-order valence-electron chi connectivity index (χ1n) is 8.18. The summed E-state index contributed by atoms with van der Waals surface area (Å²) in [4.78, 5) is 36.5. The lowest BCUT2D eigenvalue weighted by molar-refractivity contribution is -0.386. The van der Waals surface area contributed by atoms with E-state index in [-0.39, 0.29) is 16.7 Å². The molecule has 0 saturated heterocycles. The van der Waals surface area contributed by atoms with Gasteiger partial charge in [-0.25, -0.2) is 0 Å². The van der Waals surface area contributed by atoms with E-state index < -0.39 is 39.2 Å². The minimum absolute atomic E-state index is 0.0305. The topological polar surface area (TPSA) is 130 Å². The van der Waals surface area contributed by atoms with Gasteiger partial charge in [0.05, 0.1) is 16.2 Å². The summed E-state index contributed by atoms with van der Waals surface area (Å²) < 4.78 is 0. The third-order valence-electron chi connectivity index (χ3n) is 4.50. The number of ketones is 2. The second-order valence-corrected chi connectivity index (χ2v) is 6.15. The SMILES string of the molecule is O=C1c2cccc(Nc3ccccc3)c2C(=O)c2c1cc(O)c(O)c2[N+](=O)[O-]. The first kappa shape index (κ1) is 17.2. The Morgan fingerprint density at radius 1 is 0.857 bits per heavy atom. The molecule has 0 saturated carbocycles. The van der Waals surface area contributed by atoms with Crippen LogP contribution in [0.2, 0.25) is 0 Å². The molecule has 8 nitrogen and oxygen atoms in total. The molecule has 138 valence electrons. The van der Waals surface area contributed by atoms with Crippen molar-refractivity contribution in [2.45, 2.75) is 0 Å². The van der Waals surface area contributed by atoms with Gasteiger partial charge in [-0.3, -0.25) is 19.7 Å². The van der Waals surface area contributed by atoms with E-state index in [0.717, 1.165) is 6.07 Å². The zero-order valence-electron chi connectivity index (χ0n) is 14.2. The summed E-state index contributed by atoms with van der Waals surface area (Å²) in [5, 5.41) is 34.2. The highest BCUT2D eigenvalue weighted by Crippen LogP contribution is 2.45. The summed E-state index contributed by atoms with van der Waals surface area (Å²) in [7, 11) is 0. The van der Waals surface area contributed by atoms with Gasteiger partial charge in [0.2, 0.25) is 11.5 Å². The van der Waals surface area contributed by atoms with Gasteiger partial charge in [0.25, 0.3) is 0 Å². The van der Waals surface area contributed by atoms with Crippen LogP contribution in [0.3, 0.4) is 0 Å². The molecule has 0 unspecified atom stereocenters. The lowest BCUT2D eigenvalue weighted by atomic mass is 9.82. The molecule has 1 aliphatic rings. The largest absolute Gasteiger partial charge is 0.504 e. The first-order chi connectivity index (χ1) is 13.4. The van der Waals surface area contributed by atoms with Crippen LogP contribution in [0.5, 0.6) is 11.5 Å². The maximum absolute atomic E-state index is 13.2. The van der Waals surface area contributed by atoms with Crippen molar-refractivity contribution in [3.8, 4) is 11.5 Å². The van der Waals surface area contributed by atoms with Crippen LogP contribution < -0.4 is 5.32 Å². The van der Waals surface area contributed by atoms with Crippen molar-refractivity contribution in [2.75, 3.05) is 5.32 Å². The molecule has 3 N–H and O–H groups in total. The fourth-order valence-electron chi connectivity index (χ4n) is 3.27. The number of nitrogens with one attached hydrogen (secondary N) is 1. The second kappa shape index (κ2) is 6.20. The molecule has 1 aliphatic carbocycles. The van der Waals surface area contributed by atoms with Crippen molar-refractivity contribution >= 4 is 28.6 Å².